The first-order chi connectivity index (χ1) is 12.8. The van der Waals surface area contributed by atoms with Gasteiger partial charge in [0.1, 0.15) is 0 Å². The SMILES string of the molecule is Cl.Cl.O=C(CC1CCCN1)N1CCCN(Cc2ccccc2)c2ccccc21. The number of fused-ring (bicyclic) bond motifs is 1. The van der Waals surface area contributed by atoms with Gasteiger partial charge in [0.05, 0.1) is 11.4 Å². The average molecular weight is 422 g/mol. The van der Waals surface area contributed by atoms with E-state index in [1.807, 2.05) is 11.0 Å². The monoisotopic (exact) mass is 421 g/mol. The summed E-state index contributed by atoms with van der Waals surface area (Å²) in [6.07, 6.45) is 3.89. The molecule has 1 unspecified atom stereocenters. The molecular formula is C22H29Cl2N3O. The number of hydrogen-bond donors (Lipinski definition) is 1. The van der Waals surface area contributed by atoms with Crippen molar-refractivity contribution in [2.24, 2.45) is 0 Å². The van der Waals surface area contributed by atoms with Crippen LogP contribution in [0.25, 0.3) is 0 Å². The van der Waals surface area contributed by atoms with Gasteiger partial charge in [0, 0.05) is 32.1 Å². The van der Waals surface area contributed by atoms with E-state index in [1.54, 1.807) is 0 Å². The van der Waals surface area contributed by atoms with Crippen molar-refractivity contribution in [3.05, 3.63) is 60.2 Å². The van der Waals surface area contributed by atoms with E-state index in [0.29, 0.717) is 12.5 Å². The smallest absolute Gasteiger partial charge is 0.228 e. The molecule has 1 amide bonds. The lowest BCUT2D eigenvalue weighted by Gasteiger charge is -2.27. The minimum absolute atomic E-state index is 0. The summed E-state index contributed by atoms with van der Waals surface area (Å²) < 4.78 is 0. The van der Waals surface area contributed by atoms with Crippen LogP contribution in [0.2, 0.25) is 0 Å². The molecule has 4 nitrogen and oxygen atoms in total. The fourth-order valence-corrected chi connectivity index (χ4v) is 4.10. The van der Waals surface area contributed by atoms with Crippen LogP contribution >= 0.6 is 24.8 Å². The molecule has 2 heterocycles. The number of carbonyl (C=O) groups is 1. The van der Waals surface area contributed by atoms with Crippen molar-refractivity contribution >= 4 is 42.1 Å². The Labute approximate surface area is 180 Å². The van der Waals surface area contributed by atoms with Gasteiger partial charge in [-0.05, 0) is 43.5 Å². The van der Waals surface area contributed by atoms with Crippen molar-refractivity contribution in [2.45, 2.75) is 38.3 Å². The second kappa shape index (κ2) is 10.7. The molecule has 0 aliphatic carbocycles. The van der Waals surface area contributed by atoms with Crippen LogP contribution in [-0.2, 0) is 11.3 Å². The Kier molecular flexibility index (Phi) is 8.61. The molecule has 0 saturated carbocycles. The van der Waals surface area contributed by atoms with Crippen LogP contribution in [0.4, 0.5) is 11.4 Å². The molecule has 2 aromatic rings. The van der Waals surface area contributed by atoms with Gasteiger partial charge in [-0.15, -0.1) is 24.8 Å². The highest BCUT2D eigenvalue weighted by Gasteiger charge is 2.27. The Morgan fingerprint density at radius 2 is 1.64 bits per heavy atom. The van der Waals surface area contributed by atoms with Crippen molar-refractivity contribution in [2.75, 3.05) is 29.4 Å². The number of carbonyl (C=O) groups excluding carboxylic acids is 1. The van der Waals surface area contributed by atoms with E-state index in [2.05, 4.69) is 58.7 Å². The van der Waals surface area contributed by atoms with Gasteiger partial charge < -0.3 is 15.1 Å². The minimum Gasteiger partial charge on any atom is -0.365 e. The van der Waals surface area contributed by atoms with Crippen LogP contribution in [0.5, 0.6) is 0 Å². The average Bonchev–Trinajstić information content (AvgIpc) is 3.11. The summed E-state index contributed by atoms with van der Waals surface area (Å²) in [5.74, 6) is 0.249. The number of nitrogens with zero attached hydrogens (tertiary/aromatic N) is 2. The zero-order chi connectivity index (χ0) is 17.8. The molecule has 0 aromatic heterocycles. The van der Waals surface area contributed by atoms with E-state index in [9.17, 15) is 4.79 Å². The quantitative estimate of drug-likeness (QED) is 0.793. The Hall–Kier alpha value is -1.75. The molecular weight excluding hydrogens is 393 g/mol. The van der Waals surface area contributed by atoms with Gasteiger partial charge in [-0.1, -0.05) is 42.5 Å². The molecule has 2 aliphatic rings. The molecule has 0 radical (unpaired) electrons. The van der Waals surface area contributed by atoms with Gasteiger partial charge in [-0.3, -0.25) is 4.79 Å². The second-order valence-corrected chi connectivity index (χ2v) is 7.29. The van der Waals surface area contributed by atoms with Gasteiger partial charge in [0.25, 0.3) is 0 Å². The van der Waals surface area contributed by atoms with Crippen molar-refractivity contribution < 1.29 is 4.79 Å². The van der Waals surface area contributed by atoms with Gasteiger partial charge in [0.2, 0.25) is 5.91 Å². The van der Waals surface area contributed by atoms with Gasteiger partial charge in [0.15, 0.2) is 0 Å². The van der Waals surface area contributed by atoms with Gasteiger partial charge >= 0.3 is 0 Å². The lowest BCUT2D eigenvalue weighted by atomic mass is 10.1. The van der Waals surface area contributed by atoms with Crippen molar-refractivity contribution in [3.8, 4) is 0 Å². The number of nitrogens with one attached hydrogen (secondary N) is 1. The third kappa shape index (κ3) is 5.19. The zero-order valence-electron chi connectivity index (χ0n) is 16.0. The zero-order valence-corrected chi connectivity index (χ0v) is 17.7. The van der Waals surface area contributed by atoms with Gasteiger partial charge in [-0.2, -0.15) is 0 Å². The number of para-hydroxylation sites is 2. The topological polar surface area (TPSA) is 35.6 Å². The highest BCUT2D eigenvalue weighted by atomic mass is 35.5. The Bertz CT molecular complexity index is 750. The molecule has 1 N–H and O–H groups in total. The summed E-state index contributed by atoms with van der Waals surface area (Å²) >= 11 is 0. The number of anilines is 2. The molecule has 4 rings (SSSR count). The maximum Gasteiger partial charge on any atom is 0.228 e. The van der Waals surface area contributed by atoms with Gasteiger partial charge in [-0.25, -0.2) is 0 Å². The highest BCUT2D eigenvalue weighted by molar-refractivity contribution is 5.97. The summed E-state index contributed by atoms with van der Waals surface area (Å²) in [5.41, 5.74) is 3.53. The number of rotatable bonds is 4. The molecule has 1 fully saturated rings. The number of amides is 1. The normalized spacial score (nSPS) is 18.5. The van der Waals surface area contributed by atoms with Crippen LogP contribution in [0.15, 0.2) is 54.6 Å². The summed E-state index contributed by atoms with van der Waals surface area (Å²) in [6.45, 7) is 3.69. The lowest BCUT2D eigenvalue weighted by Crippen LogP contribution is -2.36. The summed E-state index contributed by atoms with van der Waals surface area (Å²) in [7, 11) is 0. The van der Waals surface area contributed by atoms with Crippen LogP contribution in [0.1, 0.15) is 31.2 Å². The Morgan fingerprint density at radius 1 is 0.929 bits per heavy atom. The van der Waals surface area contributed by atoms with E-state index in [4.69, 9.17) is 0 Å². The standard InChI is InChI=1S/C22H27N3O.2ClH/c26-22(16-19-10-6-13-23-19)25-15-7-14-24(17-18-8-2-1-3-9-18)20-11-4-5-12-21(20)25;;/h1-5,8-9,11-12,19,23H,6-7,10,13-17H2;2*1H. The molecule has 2 aromatic carbocycles. The first-order valence-electron chi connectivity index (χ1n) is 9.73. The van der Waals surface area contributed by atoms with Crippen LogP contribution in [0.3, 0.4) is 0 Å². The predicted octanol–water partition coefficient (Wildman–Crippen LogP) is 4.42. The summed E-state index contributed by atoms with van der Waals surface area (Å²) in [4.78, 5) is 17.4. The van der Waals surface area contributed by atoms with E-state index in [1.165, 1.54) is 17.7 Å². The van der Waals surface area contributed by atoms with Crippen LogP contribution in [0, 0.1) is 0 Å². The fraction of sp³-hybridized carbons (Fsp3) is 0.409. The van der Waals surface area contributed by atoms with Crippen LogP contribution < -0.4 is 15.1 Å². The minimum atomic E-state index is 0. The third-order valence-electron chi connectivity index (χ3n) is 5.42. The third-order valence-corrected chi connectivity index (χ3v) is 5.42. The van der Waals surface area contributed by atoms with E-state index in [-0.39, 0.29) is 30.7 Å². The maximum atomic E-state index is 13.0. The fourth-order valence-electron chi connectivity index (χ4n) is 4.10. The van der Waals surface area contributed by atoms with E-state index >= 15 is 0 Å². The molecule has 6 heteroatoms. The van der Waals surface area contributed by atoms with Crippen molar-refractivity contribution in [1.82, 2.24) is 5.32 Å². The van der Waals surface area contributed by atoms with Crippen molar-refractivity contribution in [3.63, 3.8) is 0 Å². The highest BCUT2D eigenvalue weighted by Crippen LogP contribution is 2.33. The van der Waals surface area contributed by atoms with E-state index < -0.39 is 0 Å². The first-order valence-corrected chi connectivity index (χ1v) is 9.73. The summed E-state index contributed by atoms with van der Waals surface area (Å²) in [5, 5.41) is 3.45. The predicted molar refractivity (Wildman–Crippen MR) is 121 cm³/mol. The number of hydrogen-bond acceptors (Lipinski definition) is 3. The lowest BCUT2D eigenvalue weighted by molar-refractivity contribution is -0.119. The largest absolute Gasteiger partial charge is 0.365 e. The molecule has 0 spiro atoms. The first kappa shape index (κ1) is 22.5. The van der Waals surface area contributed by atoms with Crippen molar-refractivity contribution in [1.29, 1.82) is 0 Å². The molecule has 0 bridgehead atoms. The molecule has 28 heavy (non-hydrogen) atoms. The second-order valence-electron chi connectivity index (χ2n) is 7.29. The summed E-state index contributed by atoms with van der Waals surface area (Å²) in [6, 6.07) is 19.3. The number of benzene rings is 2. The molecule has 1 saturated heterocycles. The Balaban J connectivity index is 0.00000140. The molecule has 2 aliphatic heterocycles. The molecule has 1 atom stereocenters. The number of halogens is 2. The maximum absolute atomic E-state index is 13.0. The molecule has 152 valence electrons. The van der Waals surface area contributed by atoms with E-state index in [0.717, 1.165) is 44.7 Å². The van der Waals surface area contributed by atoms with Crippen LogP contribution in [-0.4, -0.2) is 31.6 Å². The Morgan fingerprint density at radius 3 is 2.36 bits per heavy atom.